The summed E-state index contributed by atoms with van der Waals surface area (Å²) in [6.07, 6.45) is 0. The third kappa shape index (κ3) is 2.91. The summed E-state index contributed by atoms with van der Waals surface area (Å²) < 4.78 is 0. The number of ketones is 1. The van der Waals surface area contributed by atoms with Crippen molar-refractivity contribution < 1.29 is 9.59 Å². The van der Waals surface area contributed by atoms with Gasteiger partial charge in [-0.25, -0.2) is 0 Å². The molecule has 0 aliphatic carbocycles. The molecule has 2 N–H and O–H groups in total. The van der Waals surface area contributed by atoms with Crippen molar-refractivity contribution in [1.82, 2.24) is 5.32 Å². The van der Waals surface area contributed by atoms with Crippen LogP contribution in [-0.4, -0.2) is 29.4 Å². The van der Waals surface area contributed by atoms with Gasteiger partial charge in [-0.05, 0) is 25.5 Å². The Kier molecular flexibility index (Phi) is 4.04. The molecule has 1 aliphatic heterocycles. The third-order valence-electron chi connectivity index (χ3n) is 2.93. The van der Waals surface area contributed by atoms with E-state index in [4.69, 9.17) is 0 Å². The van der Waals surface area contributed by atoms with Crippen molar-refractivity contribution in [2.24, 2.45) is 0 Å². The Bertz CT molecular complexity index is 482. The van der Waals surface area contributed by atoms with Crippen LogP contribution in [0, 0.1) is 6.92 Å². The lowest BCUT2D eigenvalue weighted by Crippen LogP contribution is -2.37. The molecule has 2 rings (SSSR count). The minimum Gasteiger partial charge on any atom is -0.324 e. The fraction of sp³-hybridized carbons (Fsp3) is 0.385. The molecular formula is C13H16N2O2S. The van der Waals surface area contributed by atoms with Crippen LogP contribution in [0.2, 0.25) is 0 Å². The number of thioether (sulfide) groups is 1. The normalized spacial score (nSPS) is 18.7. The SMILES string of the molecule is CC(=O)c1ccc(C)c(NC(=O)C2CSCN2)c1. The lowest BCUT2D eigenvalue weighted by molar-refractivity contribution is -0.117. The Labute approximate surface area is 111 Å². The van der Waals surface area contributed by atoms with Gasteiger partial charge in [0.2, 0.25) is 5.91 Å². The Morgan fingerprint density at radius 2 is 2.22 bits per heavy atom. The van der Waals surface area contributed by atoms with Gasteiger partial charge in [-0.15, -0.1) is 11.8 Å². The van der Waals surface area contributed by atoms with Gasteiger partial charge in [-0.1, -0.05) is 12.1 Å². The number of carbonyl (C=O) groups excluding carboxylic acids is 2. The van der Waals surface area contributed by atoms with Crippen molar-refractivity contribution in [1.29, 1.82) is 0 Å². The number of carbonyl (C=O) groups is 2. The van der Waals surface area contributed by atoms with Crippen LogP contribution in [0.3, 0.4) is 0 Å². The molecule has 1 aliphatic rings. The zero-order chi connectivity index (χ0) is 13.1. The average molecular weight is 264 g/mol. The first-order valence-corrected chi connectivity index (χ1v) is 6.97. The summed E-state index contributed by atoms with van der Waals surface area (Å²) in [5, 5.41) is 6.00. The van der Waals surface area contributed by atoms with Crippen LogP contribution in [0.5, 0.6) is 0 Å². The number of Topliss-reactive ketones (excluding diaryl/α,β-unsaturated/α-hetero) is 1. The van der Waals surface area contributed by atoms with Crippen LogP contribution < -0.4 is 10.6 Å². The van der Waals surface area contributed by atoms with E-state index in [-0.39, 0.29) is 17.7 Å². The minimum atomic E-state index is -0.143. The van der Waals surface area contributed by atoms with Gasteiger partial charge >= 0.3 is 0 Å². The lowest BCUT2D eigenvalue weighted by atomic mass is 10.1. The number of amides is 1. The van der Waals surface area contributed by atoms with Gasteiger partial charge in [0, 0.05) is 22.9 Å². The Balaban J connectivity index is 2.14. The van der Waals surface area contributed by atoms with Crippen LogP contribution in [0.4, 0.5) is 5.69 Å². The first-order chi connectivity index (χ1) is 8.58. The number of aryl methyl sites for hydroxylation is 1. The van der Waals surface area contributed by atoms with Crippen molar-refractivity contribution >= 4 is 29.1 Å². The molecular weight excluding hydrogens is 248 g/mol. The first kappa shape index (κ1) is 13.1. The molecule has 0 spiro atoms. The molecule has 1 aromatic carbocycles. The maximum atomic E-state index is 12.0. The second-order valence-corrected chi connectivity index (χ2v) is 5.38. The molecule has 5 heteroatoms. The maximum absolute atomic E-state index is 12.0. The predicted molar refractivity (Wildman–Crippen MR) is 74.1 cm³/mol. The third-order valence-corrected chi connectivity index (χ3v) is 3.87. The summed E-state index contributed by atoms with van der Waals surface area (Å²) in [4.78, 5) is 23.3. The van der Waals surface area contributed by atoms with E-state index < -0.39 is 0 Å². The van der Waals surface area contributed by atoms with Crippen molar-refractivity contribution in [2.45, 2.75) is 19.9 Å². The molecule has 4 nitrogen and oxygen atoms in total. The topological polar surface area (TPSA) is 58.2 Å². The van der Waals surface area contributed by atoms with Crippen LogP contribution in [0.15, 0.2) is 18.2 Å². The predicted octanol–water partition coefficient (Wildman–Crippen LogP) is 1.80. The molecule has 1 heterocycles. The average Bonchev–Trinajstić information content (AvgIpc) is 2.85. The van der Waals surface area contributed by atoms with Crippen LogP contribution in [0.25, 0.3) is 0 Å². The molecule has 1 saturated heterocycles. The lowest BCUT2D eigenvalue weighted by Gasteiger charge is -2.13. The van der Waals surface area contributed by atoms with Gasteiger partial charge in [0.1, 0.15) is 0 Å². The molecule has 0 aromatic heterocycles. The summed E-state index contributed by atoms with van der Waals surface area (Å²) in [6.45, 7) is 3.43. The highest BCUT2D eigenvalue weighted by Crippen LogP contribution is 2.19. The fourth-order valence-corrected chi connectivity index (χ4v) is 2.70. The standard InChI is InChI=1S/C13H16N2O2S/c1-8-3-4-10(9(2)16)5-11(8)15-13(17)12-6-18-7-14-12/h3-5,12,14H,6-7H2,1-2H3,(H,15,17). The highest BCUT2D eigenvalue weighted by Gasteiger charge is 2.22. The van der Waals surface area contributed by atoms with Crippen LogP contribution in [0.1, 0.15) is 22.8 Å². The Morgan fingerprint density at radius 3 is 2.83 bits per heavy atom. The first-order valence-electron chi connectivity index (χ1n) is 5.81. The van der Waals surface area contributed by atoms with E-state index in [9.17, 15) is 9.59 Å². The zero-order valence-corrected chi connectivity index (χ0v) is 11.3. The Morgan fingerprint density at radius 1 is 1.44 bits per heavy atom. The monoisotopic (exact) mass is 264 g/mol. The summed E-state index contributed by atoms with van der Waals surface area (Å²) in [5.74, 6) is 1.56. The molecule has 1 atom stereocenters. The number of hydrogen-bond donors (Lipinski definition) is 2. The second-order valence-electron chi connectivity index (χ2n) is 4.35. The number of hydrogen-bond acceptors (Lipinski definition) is 4. The fourth-order valence-electron chi connectivity index (χ4n) is 1.76. The van der Waals surface area contributed by atoms with Crippen molar-refractivity contribution in [3.63, 3.8) is 0 Å². The van der Waals surface area contributed by atoms with Crippen LogP contribution >= 0.6 is 11.8 Å². The van der Waals surface area contributed by atoms with E-state index in [1.54, 1.807) is 23.9 Å². The Hall–Kier alpha value is -1.33. The van der Waals surface area contributed by atoms with E-state index in [0.29, 0.717) is 11.3 Å². The summed E-state index contributed by atoms with van der Waals surface area (Å²) in [6, 6.07) is 5.22. The second kappa shape index (κ2) is 5.54. The molecule has 96 valence electrons. The largest absolute Gasteiger partial charge is 0.324 e. The van der Waals surface area contributed by atoms with Crippen molar-refractivity contribution in [3.8, 4) is 0 Å². The molecule has 1 fully saturated rings. The van der Waals surface area contributed by atoms with E-state index in [1.807, 2.05) is 13.0 Å². The molecule has 0 radical (unpaired) electrons. The highest BCUT2D eigenvalue weighted by molar-refractivity contribution is 7.99. The number of benzene rings is 1. The van der Waals surface area contributed by atoms with Crippen molar-refractivity contribution in [3.05, 3.63) is 29.3 Å². The molecule has 18 heavy (non-hydrogen) atoms. The van der Waals surface area contributed by atoms with E-state index in [0.717, 1.165) is 17.2 Å². The minimum absolute atomic E-state index is 0.0000425. The highest BCUT2D eigenvalue weighted by atomic mass is 32.2. The summed E-state index contributed by atoms with van der Waals surface area (Å²) >= 11 is 1.71. The van der Waals surface area contributed by atoms with Gasteiger partial charge in [0.15, 0.2) is 5.78 Å². The van der Waals surface area contributed by atoms with Gasteiger partial charge in [-0.2, -0.15) is 0 Å². The van der Waals surface area contributed by atoms with Gasteiger partial charge in [0.25, 0.3) is 0 Å². The molecule has 0 bridgehead atoms. The van der Waals surface area contributed by atoms with E-state index >= 15 is 0 Å². The number of nitrogens with one attached hydrogen (secondary N) is 2. The van der Waals surface area contributed by atoms with E-state index in [1.165, 1.54) is 6.92 Å². The zero-order valence-electron chi connectivity index (χ0n) is 10.4. The van der Waals surface area contributed by atoms with Crippen LogP contribution in [-0.2, 0) is 4.79 Å². The number of rotatable bonds is 3. The maximum Gasteiger partial charge on any atom is 0.242 e. The van der Waals surface area contributed by atoms with Crippen molar-refractivity contribution in [2.75, 3.05) is 16.9 Å². The summed E-state index contributed by atoms with van der Waals surface area (Å²) in [7, 11) is 0. The molecule has 0 saturated carbocycles. The summed E-state index contributed by atoms with van der Waals surface area (Å²) in [5.41, 5.74) is 2.29. The molecule has 1 amide bonds. The van der Waals surface area contributed by atoms with E-state index in [2.05, 4.69) is 10.6 Å². The van der Waals surface area contributed by atoms with Gasteiger partial charge in [-0.3, -0.25) is 14.9 Å². The molecule has 1 aromatic rings. The van der Waals surface area contributed by atoms with Gasteiger partial charge in [0.05, 0.1) is 6.04 Å². The smallest absolute Gasteiger partial charge is 0.242 e. The quantitative estimate of drug-likeness (QED) is 0.817. The van der Waals surface area contributed by atoms with Gasteiger partial charge < -0.3 is 5.32 Å². The molecule has 1 unspecified atom stereocenters. The number of anilines is 1.